The molecule has 1 aromatic heterocycles. The molecule has 0 atom stereocenters. The normalized spacial score (nSPS) is 14.9. The number of carbonyl (C=O) groups excluding carboxylic acids is 2. The summed E-state index contributed by atoms with van der Waals surface area (Å²) in [6.45, 7) is 1.24. The largest absolute Gasteiger partial charge is 0.494 e. The number of piperidine rings is 1. The zero-order valence-electron chi connectivity index (χ0n) is 14.8. The second-order valence-corrected chi connectivity index (χ2v) is 8.17. The number of hydrogen-bond acceptors (Lipinski definition) is 4. The predicted octanol–water partition coefficient (Wildman–Crippen LogP) is 4.03. The molecular formula is C19H20Cl2N2O3S. The minimum atomic E-state index is -0.317. The molecule has 0 saturated carbocycles. The molecule has 2 heterocycles. The Hall–Kier alpha value is -1.76. The molecule has 0 radical (unpaired) electrons. The first-order valence-corrected chi connectivity index (χ1v) is 10.3. The molecule has 8 heteroatoms. The van der Waals surface area contributed by atoms with Crippen LogP contribution in [0.2, 0.25) is 10.0 Å². The van der Waals surface area contributed by atoms with E-state index in [9.17, 15) is 9.59 Å². The second-order valence-electron chi connectivity index (χ2n) is 6.32. The summed E-state index contributed by atoms with van der Waals surface area (Å²) in [6.07, 6.45) is 1.83. The van der Waals surface area contributed by atoms with E-state index < -0.39 is 0 Å². The summed E-state index contributed by atoms with van der Waals surface area (Å²) in [5, 5.41) is 5.58. The molecule has 0 spiro atoms. The monoisotopic (exact) mass is 426 g/mol. The molecule has 1 saturated heterocycles. The molecule has 2 amide bonds. The number of likely N-dealkylation sites (tertiary alicyclic amines) is 1. The number of nitrogens with one attached hydrogen (secondary N) is 1. The van der Waals surface area contributed by atoms with Gasteiger partial charge in [0.05, 0.1) is 23.6 Å². The molecule has 144 valence electrons. The van der Waals surface area contributed by atoms with Crippen LogP contribution in [0.25, 0.3) is 0 Å². The predicted molar refractivity (Wildman–Crippen MR) is 108 cm³/mol. The summed E-state index contributed by atoms with van der Waals surface area (Å²) in [4.78, 5) is 28.0. The third-order valence-corrected chi connectivity index (χ3v) is 6.07. The third-order valence-electron chi connectivity index (χ3n) is 4.58. The van der Waals surface area contributed by atoms with Crippen LogP contribution in [0, 0.1) is 0 Å². The number of hydrogen-bond donors (Lipinski definition) is 1. The van der Waals surface area contributed by atoms with Crippen molar-refractivity contribution in [3.63, 3.8) is 0 Å². The maximum absolute atomic E-state index is 12.7. The van der Waals surface area contributed by atoms with Gasteiger partial charge in [-0.3, -0.25) is 9.59 Å². The van der Waals surface area contributed by atoms with Gasteiger partial charge in [-0.15, -0.1) is 11.3 Å². The molecule has 1 fully saturated rings. The highest BCUT2D eigenvalue weighted by molar-refractivity contribution is 7.10. The quantitative estimate of drug-likeness (QED) is 0.784. The lowest BCUT2D eigenvalue weighted by Crippen LogP contribution is -2.47. The molecule has 0 unspecified atom stereocenters. The van der Waals surface area contributed by atoms with Gasteiger partial charge in [0, 0.05) is 24.0 Å². The number of amides is 2. The first-order chi connectivity index (χ1) is 13.0. The summed E-state index contributed by atoms with van der Waals surface area (Å²) >= 11 is 13.9. The van der Waals surface area contributed by atoms with Gasteiger partial charge >= 0.3 is 0 Å². The Balaban J connectivity index is 1.57. The van der Waals surface area contributed by atoms with Crippen LogP contribution in [-0.4, -0.2) is 43.0 Å². The molecule has 3 rings (SSSR count). The number of thiophene rings is 1. The molecule has 1 aromatic carbocycles. The van der Waals surface area contributed by atoms with Crippen LogP contribution in [-0.2, 0) is 11.2 Å². The molecule has 1 N–H and O–H groups in total. The van der Waals surface area contributed by atoms with E-state index >= 15 is 0 Å². The van der Waals surface area contributed by atoms with Gasteiger partial charge in [0.1, 0.15) is 5.56 Å². The highest BCUT2D eigenvalue weighted by Gasteiger charge is 2.26. The fraction of sp³-hybridized carbons (Fsp3) is 0.368. The Morgan fingerprint density at radius 2 is 1.93 bits per heavy atom. The van der Waals surface area contributed by atoms with E-state index in [4.69, 9.17) is 27.9 Å². The third kappa shape index (κ3) is 4.75. The van der Waals surface area contributed by atoms with E-state index in [1.54, 1.807) is 23.5 Å². The summed E-state index contributed by atoms with van der Waals surface area (Å²) < 4.78 is 5.24. The zero-order chi connectivity index (χ0) is 19.4. The summed E-state index contributed by atoms with van der Waals surface area (Å²) in [6, 6.07) is 7.06. The van der Waals surface area contributed by atoms with Crippen molar-refractivity contribution in [2.75, 3.05) is 20.2 Å². The maximum Gasteiger partial charge on any atom is 0.256 e. The Morgan fingerprint density at radius 1 is 1.22 bits per heavy atom. The number of ether oxygens (including phenoxy) is 1. The first kappa shape index (κ1) is 20.0. The van der Waals surface area contributed by atoms with Crippen LogP contribution in [0.4, 0.5) is 0 Å². The molecule has 0 aliphatic carbocycles. The summed E-state index contributed by atoms with van der Waals surface area (Å²) in [5.41, 5.74) is 0.239. The summed E-state index contributed by atoms with van der Waals surface area (Å²) in [5.74, 6) is 0.0784. The van der Waals surface area contributed by atoms with Crippen molar-refractivity contribution in [2.24, 2.45) is 0 Å². The number of nitrogens with zero attached hydrogens (tertiary/aromatic N) is 1. The lowest BCUT2D eigenvalue weighted by atomic mass is 10.0. The lowest BCUT2D eigenvalue weighted by Gasteiger charge is -2.32. The molecule has 1 aliphatic heterocycles. The maximum atomic E-state index is 12.7. The van der Waals surface area contributed by atoms with Crippen LogP contribution in [0.5, 0.6) is 5.75 Å². The molecule has 27 heavy (non-hydrogen) atoms. The van der Waals surface area contributed by atoms with Crippen LogP contribution < -0.4 is 10.1 Å². The van der Waals surface area contributed by atoms with Crippen LogP contribution in [0.15, 0.2) is 29.6 Å². The molecule has 0 bridgehead atoms. The number of carbonyl (C=O) groups is 2. The van der Waals surface area contributed by atoms with Crippen LogP contribution in [0.3, 0.4) is 0 Å². The van der Waals surface area contributed by atoms with Crippen molar-refractivity contribution in [1.29, 1.82) is 0 Å². The molecule has 5 nitrogen and oxygen atoms in total. The van der Waals surface area contributed by atoms with Crippen LogP contribution >= 0.6 is 34.5 Å². The topological polar surface area (TPSA) is 58.6 Å². The molecule has 2 aromatic rings. The van der Waals surface area contributed by atoms with E-state index in [1.807, 2.05) is 22.4 Å². The van der Waals surface area contributed by atoms with E-state index in [2.05, 4.69) is 5.32 Å². The molecular weight excluding hydrogens is 407 g/mol. The standard InChI is InChI=1S/C19H20Cl2N2O3S/c1-26-18-15(21)5-4-14(20)17(18)19(25)22-12-6-8-23(9-7-12)16(24)11-13-3-2-10-27-13/h2-5,10,12H,6-9,11H2,1H3,(H,22,25). The smallest absolute Gasteiger partial charge is 0.256 e. The highest BCUT2D eigenvalue weighted by atomic mass is 35.5. The van der Waals surface area contributed by atoms with Crippen molar-refractivity contribution in [1.82, 2.24) is 10.2 Å². The van der Waals surface area contributed by atoms with Crippen molar-refractivity contribution in [2.45, 2.75) is 25.3 Å². The van der Waals surface area contributed by atoms with Crippen molar-refractivity contribution in [3.8, 4) is 5.75 Å². The van der Waals surface area contributed by atoms with Gasteiger partial charge in [-0.2, -0.15) is 0 Å². The van der Waals surface area contributed by atoms with Crippen LogP contribution in [0.1, 0.15) is 28.1 Å². The SMILES string of the molecule is COc1c(Cl)ccc(Cl)c1C(=O)NC1CCN(C(=O)Cc2cccs2)CC1. The Labute approximate surface area is 172 Å². The highest BCUT2D eigenvalue weighted by Crippen LogP contribution is 2.34. The van der Waals surface area contributed by atoms with Crippen molar-refractivity contribution in [3.05, 3.63) is 50.1 Å². The van der Waals surface area contributed by atoms with Gasteiger partial charge in [0.25, 0.3) is 5.91 Å². The van der Waals surface area contributed by atoms with E-state index in [0.717, 1.165) is 4.88 Å². The minimum absolute atomic E-state index is 0.0250. The van der Waals surface area contributed by atoms with Gasteiger partial charge < -0.3 is 15.0 Å². The Kier molecular flexibility index (Phi) is 6.63. The van der Waals surface area contributed by atoms with Gasteiger partial charge in [-0.1, -0.05) is 29.3 Å². The van der Waals surface area contributed by atoms with Gasteiger partial charge in [0.2, 0.25) is 5.91 Å². The second kappa shape index (κ2) is 8.95. The van der Waals surface area contributed by atoms with Gasteiger partial charge in [0.15, 0.2) is 5.75 Å². The fourth-order valence-electron chi connectivity index (χ4n) is 3.15. The van der Waals surface area contributed by atoms with Crippen molar-refractivity contribution >= 4 is 46.4 Å². The molecule has 1 aliphatic rings. The van der Waals surface area contributed by atoms with E-state index in [0.29, 0.717) is 37.4 Å². The lowest BCUT2D eigenvalue weighted by molar-refractivity contribution is -0.131. The number of rotatable bonds is 5. The number of methoxy groups -OCH3 is 1. The fourth-order valence-corrected chi connectivity index (χ4v) is 4.31. The Morgan fingerprint density at radius 3 is 2.56 bits per heavy atom. The number of benzene rings is 1. The minimum Gasteiger partial charge on any atom is -0.494 e. The number of halogens is 2. The van der Waals surface area contributed by atoms with Crippen molar-refractivity contribution < 1.29 is 14.3 Å². The van der Waals surface area contributed by atoms with E-state index in [-0.39, 0.29) is 34.2 Å². The van der Waals surface area contributed by atoms with Gasteiger partial charge in [-0.05, 0) is 36.4 Å². The zero-order valence-corrected chi connectivity index (χ0v) is 17.2. The Bertz CT molecular complexity index is 819. The van der Waals surface area contributed by atoms with Gasteiger partial charge in [-0.25, -0.2) is 0 Å². The van der Waals surface area contributed by atoms with E-state index in [1.165, 1.54) is 7.11 Å². The average Bonchev–Trinajstić information content (AvgIpc) is 3.16. The summed E-state index contributed by atoms with van der Waals surface area (Å²) in [7, 11) is 1.45. The first-order valence-electron chi connectivity index (χ1n) is 8.62. The average molecular weight is 427 g/mol.